The van der Waals surface area contributed by atoms with Gasteiger partial charge in [0.05, 0.1) is 12.1 Å². The summed E-state index contributed by atoms with van der Waals surface area (Å²) in [5.41, 5.74) is 0.600. The molecule has 100 valence electrons. The predicted octanol–water partition coefficient (Wildman–Crippen LogP) is 2.69. The van der Waals surface area contributed by atoms with Gasteiger partial charge in [0.25, 0.3) is 5.91 Å². The van der Waals surface area contributed by atoms with E-state index in [-0.39, 0.29) is 12.2 Å². The Bertz CT molecular complexity index is 634. The summed E-state index contributed by atoms with van der Waals surface area (Å²) in [5, 5.41) is 11.7. The van der Waals surface area contributed by atoms with Gasteiger partial charge in [0.2, 0.25) is 0 Å². The minimum Gasteiger partial charge on any atom is -0.481 e. The number of carboxylic acid groups (broad SMARTS) is 1. The smallest absolute Gasteiger partial charge is 0.308 e. The number of amides is 1. The molecule has 0 aliphatic heterocycles. The fourth-order valence-electron chi connectivity index (χ4n) is 1.38. The first kappa shape index (κ1) is 13.8. The summed E-state index contributed by atoms with van der Waals surface area (Å²) >= 11 is 4.24. The lowest BCUT2D eigenvalue weighted by Gasteiger charge is -1.96. The fraction of sp³-hybridized carbons (Fsp3) is 0.182. The number of carbonyl (C=O) groups is 2. The summed E-state index contributed by atoms with van der Waals surface area (Å²) in [4.78, 5) is 27.2. The molecule has 8 heteroatoms. The van der Waals surface area contributed by atoms with Crippen molar-refractivity contribution in [1.29, 1.82) is 0 Å². The van der Waals surface area contributed by atoms with E-state index < -0.39 is 11.9 Å². The molecule has 0 spiro atoms. The van der Waals surface area contributed by atoms with Crippen molar-refractivity contribution in [2.45, 2.75) is 13.3 Å². The number of nitrogens with zero attached hydrogens (tertiary/aromatic N) is 1. The van der Waals surface area contributed by atoms with Gasteiger partial charge in [-0.3, -0.25) is 14.9 Å². The van der Waals surface area contributed by atoms with Gasteiger partial charge in [-0.15, -0.1) is 11.3 Å². The van der Waals surface area contributed by atoms with Crippen molar-refractivity contribution in [2.24, 2.45) is 0 Å². The van der Waals surface area contributed by atoms with Gasteiger partial charge in [-0.05, 0) is 35.0 Å². The third-order valence-corrected chi connectivity index (χ3v) is 3.72. The third kappa shape index (κ3) is 3.42. The number of carbonyl (C=O) groups excluding carboxylic acids is 1. The van der Waals surface area contributed by atoms with Crippen LogP contribution in [-0.2, 0) is 11.2 Å². The zero-order valence-corrected chi connectivity index (χ0v) is 12.2. The molecule has 2 rings (SSSR count). The number of carboxylic acids is 1. The minimum atomic E-state index is -0.931. The molecule has 2 aromatic rings. The first-order valence-corrected chi connectivity index (χ1v) is 6.81. The number of halogens is 1. The van der Waals surface area contributed by atoms with E-state index >= 15 is 0 Å². The van der Waals surface area contributed by atoms with Crippen LogP contribution in [0.15, 0.2) is 21.2 Å². The Morgan fingerprint density at radius 1 is 1.53 bits per heavy atom. The van der Waals surface area contributed by atoms with Crippen molar-refractivity contribution in [2.75, 3.05) is 5.32 Å². The molecule has 0 aromatic carbocycles. The standard InChI is InChI=1S/C11H9BrN2O4S/c1-5-7(4-9(15)16)19-11(13-5)14-10(17)6-2-3-8(12)18-6/h2-3H,4H2,1H3,(H,15,16)(H,13,14,17). The largest absolute Gasteiger partial charge is 0.481 e. The van der Waals surface area contributed by atoms with Crippen LogP contribution in [0.5, 0.6) is 0 Å². The zero-order chi connectivity index (χ0) is 14.0. The van der Waals surface area contributed by atoms with Crippen LogP contribution in [-0.4, -0.2) is 22.0 Å². The van der Waals surface area contributed by atoms with E-state index in [0.717, 1.165) is 11.3 Å². The average molecular weight is 345 g/mol. The Labute approximate surface area is 120 Å². The number of aromatic nitrogens is 1. The number of thiazole rings is 1. The molecule has 0 radical (unpaired) electrons. The van der Waals surface area contributed by atoms with Gasteiger partial charge in [-0.25, -0.2) is 4.98 Å². The van der Waals surface area contributed by atoms with Gasteiger partial charge in [0.1, 0.15) is 0 Å². The maximum absolute atomic E-state index is 11.8. The van der Waals surface area contributed by atoms with E-state index in [1.807, 2.05) is 0 Å². The number of hydrogen-bond donors (Lipinski definition) is 2. The lowest BCUT2D eigenvalue weighted by Crippen LogP contribution is -2.10. The van der Waals surface area contributed by atoms with E-state index in [9.17, 15) is 9.59 Å². The number of aryl methyl sites for hydroxylation is 1. The third-order valence-electron chi connectivity index (χ3n) is 2.22. The minimum absolute atomic E-state index is 0.105. The Hall–Kier alpha value is -1.67. The molecule has 0 atom stereocenters. The van der Waals surface area contributed by atoms with Crippen molar-refractivity contribution in [3.63, 3.8) is 0 Å². The maximum atomic E-state index is 11.8. The highest BCUT2D eigenvalue weighted by Gasteiger charge is 2.15. The molecule has 0 unspecified atom stereocenters. The van der Waals surface area contributed by atoms with Crippen molar-refractivity contribution in [3.05, 3.63) is 33.1 Å². The van der Waals surface area contributed by atoms with Crippen molar-refractivity contribution in [3.8, 4) is 0 Å². The van der Waals surface area contributed by atoms with E-state index in [0.29, 0.717) is 20.4 Å². The highest BCUT2D eigenvalue weighted by atomic mass is 79.9. The Balaban J connectivity index is 2.11. The second-order valence-corrected chi connectivity index (χ2v) is 5.52. The Kier molecular flexibility index (Phi) is 4.01. The number of hydrogen-bond acceptors (Lipinski definition) is 5. The number of rotatable bonds is 4. The molecular formula is C11H9BrN2O4S. The van der Waals surface area contributed by atoms with E-state index in [1.54, 1.807) is 13.0 Å². The van der Waals surface area contributed by atoms with Crippen LogP contribution in [0.4, 0.5) is 5.13 Å². The van der Waals surface area contributed by atoms with E-state index in [4.69, 9.17) is 9.52 Å². The van der Waals surface area contributed by atoms with Crippen LogP contribution < -0.4 is 5.32 Å². The molecule has 2 N–H and O–H groups in total. The van der Waals surface area contributed by atoms with E-state index in [1.165, 1.54) is 6.07 Å². The molecule has 0 aliphatic carbocycles. The predicted molar refractivity (Wildman–Crippen MR) is 72.6 cm³/mol. The fourth-order valence-corrected chi connectivity index (χ4v) is 2.63. The average Bonchev–Trinajstić information content (AvgIpc) is 2.86. The van der Waals surface area contributed by atoms with Gasteiger partial charge in [0.15, 0.2) is 15.6 Å². The van der Waals surface area contributed by atoms with E-state index in [2.05, 4.69) is 26.2 Å². The second kappa shape index (κ2) is 5.54. The van der Waals surface area contributed by atoms with Gasteiger partial charge >= 0.3 is 5.97 Å². The summed E-state index contributed by atoms with van der Waals surface area (Å²) < 4.78 is 5.56. The van der Waals surface area contributed by atoms with Crippen LogP contribution in [0, 0.1) is 6.92 Å². The molecule has 2 aromatic heterocycles. The Morgan fingerprint density at radius 3 is 2.84 bits per heavy atom. The first-order chi connectivity index (χ1) is 8.95. The molecule has 19 heavy (non-hydrogen) atoms. The molecule has 6 nitrogen and oxygen atoms in total. The maximum Gasteiger partial charge on any atom is 0.308 e. The normalized spacial score (nSPS) is 10.4. The molecule has 1 amide bonds. The molecule has 0 bridgehead atoms. The van der Waals surface area contributed by atoms with Crippen molar-refractivity contribution in [1.82, 2.24) is 4.98 Å². The van der Waals surface area contributed by atoms with Gasteiger partial charge in [-0.1, -0.05) is 0 Å². The first-order valence-electron chi connectivity index (χ1n) is 5.20. The number of aliphatic carboxylic acids is 1. The van der Waals surface area contributed by atoms with Crippen molar-refractivity contribution < 1.29 is 19.1 Å². The molecule has 0 fully saturated rings. The van der Waals surface area contributed by atoms with Crippen LogP contribution in [0.1, 0.15) is 21.1 Å². The van der Waals surface area contributed by atoms with Crippen LogP contribution in [0.3, 0.4) is 0 Å². The van der Waals surface area contributed by atoms with Gasteiger partial charge in [0, 0.05) is 4.88 Å². The molecule has 0 saturated carbocycles. The topological polar surface area (TPSA) is 92.4 Å². The Morgan fingerprint density at radius 2 is 2.26 bits per heavy atom. The lowest BCUT2D eigenvalue weighted by molar-refractivity contribution is -0.136. The van der Waals surface area contributed by atoms with Crippen molar-refractivity contribution >= 4 is 44.3 Å². The van der Waals surface area contributed by atoms with Crippen LogP contribution >= 0.6 is 27.3 Å². The van der Waals surface area contributed by atoms with Crippen LogP contribution in [0.2, 0.25) is 0 Å². The van der Waals surface area contributed by atoms with Gasteiger partial charge in [-0.2, -0.15) is 0 Å². The number of anilines is 1. The summed E-state index contributed by atoms with van der Waals surface area (Å²) in [5.74, 6) is -1.21. The molecule has 0 aliphatic rings. The number of furan rings is 1. The summed E-state index contributed by atoms with van der Waals surface area (Å²) in [6.07, 6.45) is -0.105. The summed E-state index contributed by atoms with van der Waals surface area (Å²) in [6, 6.07) is 3.13. The molecule has 2 heterocycles. The highest BCUT2D eigenvalue weighted by molar-refractivity contribution is 9.10. The highest BCUT2D eigenvalue weighted by Crippen LogP contribution is 2.24. The lowest BCUT2D eigenvalue weighted by atomic mass is 10.3. The monoisotopic (exact) mass is 344 g/mol. The molecular weight excluding hydrogens is 336 g/mol. The van der Waals surface area contributed by atoms with Crippen LogP contribution in [0.25, 0.3) is 0 Å². The SMILES string of the molecule is Cc1nc(NC(=O)c2ccc(Br)o2)sc1CC(=O)O. The second-order valence-electron chi connectivity index (χ2n) is 3.66. The summed E-state index contributed by atoms with van der Waals surface area (Å²) in [6.45, 7) is 1.70. The summed E-state index contributed by atoms with van der Waals surface area (Å²) in [7, 11) is 0. The van der Waals surface area contributed by atoms with Gasteiger partial charge < -0.3 is 9.52 Å². The zero-order valence-electron chi connectivity index (χ0n) is 9.77. The molecule has 0 saturated heterocycles. The quantitative estimate of drug-likeness (QED) is 0.889. The number of nitrogens with one attached hydrogen (secondary N) is 1.